The summed E-state index contributed by atoms with van der Waals surface area (Å²) < 4.78 is 0. The van der Waals surface area contributed by atoms with Crippen molar-refractivity contribution in [2.24, 2.45) is 11.8 Å². The summed E-state index contributed by atoms with van der Waals surface area (Å²) in [6.45, 7) is 0.903. The topological polar surface area (TPSA) is 52.6 Å². The molecule has 140 valence electrons. The van der Waals surface area contributed by atoms with E-state index in [1.807, 2.05) is 6.07 Å². The number of hydrogen-bond acceptors (Lipinski definition) is 3. The van der Waals surface area contributed by atoms with E-state index in [2.05, 4.69) is 52.7 Å². The van der Waals surface area contributed by atoms with Gasteiger partial charge < -0.3 is 15.3 Å². The van der Waals surface area contributed by atoms with Crippen molar-refractivity contribution in [1.29, 1.82) is 0 Å². The zero-order valence-corrected chi connectivity index (χ0v) is 15.5. The molecule has 3 atom stereocenters. The zero-order chi connectivity index (χ0) is 18.4. The Hall–Kier alpha value is -2.33. The molecular weight excluding hydrogens is 336 g/mol. The molecule has 0 spiro atoms. The summed E-state index contributed by atoms with van der Waals surface area (Å²) in [6, 6.07) is 17.0. The fourth-order valence-electron chi connectivity index (χ4n) is 4.84. The molecule has 1 amide bonds. The lowest BCUT2D eigenvalue weighted by Gasteiger charge is -2.39. The number of carbonyl (C=O) groups excluding carboxylic acids is 1. The van der Waals surface area contributed by atoms with Gasteiger partial charge in [-0.05, 0) is 54.0 Å². The van der Waals surface area contributed by atoms with Crippen LogP contribution >= 0.6 is 0 Å². The van der Waals surface area contributed by atoms with E-state index in [1.165, 1.54) is 29.5 Å². The van der Waals surface area contributed by atoms with Crippen LogP contribution in [-0.2, 0) is 4.79 Å². The zero-order valence-electron chi connectivity index (χ0n) is 15.5. The molecule has 4 heteroatoms. The Kier molecular flexibility index (Phi) is 4.16. The van der Waals surface area contributed by atoms with Crippen molar-refractivity contribution >= 4 is 11.6 Å². The summed E-state index contributed by atoms with van der Waals surface area (Å²) in [4.78, 5) is 15.1. The standard InChI is InChI=1S/C23H26N2O2/c26-14-21-18-10-11-25(22(27)12-15-6-7-15)23(18)19-13-17(8-9-20(19)24-21)16-4-2-1-3-5-16/h1-5,8-9,13,15,18,21,23-24,26H,6-7,10-12,14H2/t18-,21-,23-/m0/s1. The second kappa shape index (κ2) is 6.68. The highest BCUT2D eigenvalue weighted by Gasteiger charge is 2.46. The maximum Gasteiger partial charge on any atom is 0.223 e. The second-order valence-corrected chi connectivity index (χ2v) is 8.23. The second-order valence-electron chi connectivity index (χ2n) is 8.23. The molecule has 2 aliphatic heterocycles. The molecule has 2 aromatic rings. The van der Waals surface area contributed by atoms with Gasteiger partial charge in [0.05, 0.1) is 18.7 Å². The number of hydrogen-bond donors (Lipinski definition) is 2. The third-order valence-corrected chi connectivity index (χ3v) is 6.46. The quantitative estimate of drug-likeness (QED) is 0.869. The van der Waals surface area contributed by atoms with E-state index >= 15 is 0 Å². The minimum absolute atomic E-state index is 0.0174. The fraction of sp³-hybridized carbons (Fsp3) is 0.435. The smallest absolute Gasteiger partial charge is 0.223 e. The number of aliphatic hydroxyl groups is 1. The summed E-state index contributed by atoms with van der Waals surface area (Å²) >= 11 is 0. The van der Waals surface area contributed by atoms with Gasteiger partial charge in [0.15, 0.2) is 0 Å². The molecule has 0 radical (unpaired) electrons. The lowest BCUT2D eigenvalue weighted by molar-refractivity contribution is -0.133. The van der Waals surface area contributed by atoms with Gasteiger partial charge in [0.25, 0.3) is 0 Å². The molecule has 0 unspecified atom stereocenters. The maximum atomic E-state index is 13.0. The predicted octanol–water partition coefficient (Wildman–Crippen LogP) is 3.83. The minimum atomic E-state index is 0.0174. The number of anilines is 1. The van der Waals surface area contributed by atoms with Crippen molar-refractivity contribution < 1.29 is 9.90 Å². The van der Waals surface area contributed by atoms with Crippen LogP contribution in [0.1, 0.15) is 37.3 Å². The molecule has 1 aliphatic carbocycles. The molecule has 0 bridgehead atoms. The molecule has 1 saturated carbocycles. The molecule has 27 heavy (non-hydrogen) atoms. The van der Waals surface area contributed by atoms with Crippen LogP contribution in [0.2, 0.25) is 0 Å². The van der Waals surface area contributed by atoms with E-state index in [4.69, 9.17) is 0 Å². The number of rotatable bonds is 4. The van der Waals surface area contributed by atoms with Gasteiger partial charge in [0, 0.05) is 24.6 Å². The lowest BCUT2D eigenvalue weighted by Crippen LogP contribution is -2.42. The number of benzene rings is 2. The highest BCUT2D eigenvalue weighted by Crippen LogP contribution is 2.48. The average Bonchev–Trinajstić information content (AvgIpc) is 3.41. The molecule has 2 aromatic carbocycles. The van der Waals surface area contributed by atoms with Crippen LogP contribution < -0.4 is 5.32 Å². The molecule has 4 nitrogen and oxygen atoms in total. The number of nitrogens with one attached hydrogen (secondary N) is 1. The van der Waals surface area contributed by atoms with Crippen molar-refractivity contribution in [3.05, 3.63) is 54.1 Å². The Balaban J connectivity index is 1.54. The molecule has 2 fully saturated rings. The largest absolute Gasteiger partial charge is 0.394 e. The fourth-order valence-corrected chi connectivity index (χ4v) is 4.84. The number of fused-ring (bicyclic) bond motifs is 3. The van der Waals surface area contributed by atoms with Crippen molar-refractivity contribution in [3.63, 3.8) is 0 Å². The average molecular weight is 362 g/mol. The van der Waals surface area contributed by atoms with Crippen LogP contribution in [0.3, 0.4) is 0 Å². The summed E-state index contributed by atoms with van der Waals surface area (Å²) in [5, 5.41) is 13.4. The van der Waals surface area contributed by atoms with E-state index < -0.39 is 0 Å². The van der Waals surface area contributed by atoms with E-state index in [0.717, 1.165) is 18.7 Å². The SMILES string of the molecule is O=C(CC1CC1)N1CC[C@H]2[C@H](CO)Nc3ccc(-c4ccccc4)cc3[C@H]21. The molecule has 2 N–H and O–H groups in total. The van der Waals surface area contributed by atoms with Crippen molar-refractivity contribution in [2.75, 3.05) is 18.5 Å². The van der Waals surface area contributed by atoms with Crippen LogP contribution in [0, 0.1) is 11.8 Å². The normalized spacial score (nSPS) is 26.3. The molecule has 1 saturated heterocycles. The highest BCUT2D eigenvalue weighted by atomic mass is 16.3. The van der Waals surface area contributed by atoms with Gasteiger partial charge in [-0.2, -0.15) is 0 Å². The first-order valence-electron chi connectivity index (χ1n) is 10.1. The first-order chi connectivity index (χ1) is 13.2. The third-order valence-electron chi connectivity index (χ3n) is 6.46. The summed E-state index contributed by atoms with van der Waals surface area (Å²) in [6.07, 6.45) is 4.04. The Morgan fingerprint density at radius 3 is 2.63 bits per heavy atom. The van der Waals surface area contributed by atoms with Gasteiger partial charge in [0.1, 0.15) is 0 Å². The highest BCUT2D eigenvalue weighted by molar-refractivity contribution is 5.79. The predicted molar refractivity (Wildman–Crippen MR) is 106 cm³/mol. The van der Waals surface area contributed by atoms with Crippen molar-refractivity contribution in [3.8, 4) is 11.1 Å². The van der Waals surface area contributed by atoms with Gasteiger partial charge in [-0.25, -0.2) is 0 Å². The van der Waals surface area contributed by atoms with E-state index in [9.17, 15) is 9.90 Å². The van der Waals surface area contributed by atoms with Gasteiger partial charge >= 0.3 is 0 Å². The van der Waals surface area contributed by atoms with Gasteiger partial charge in [-0.15, -0.1) is 0 Å². The molecule has 5 rings (SSSR count). The van der Waals surface area contributed by atoms with E-state index in [1.54, 1.807) is 0 Å². The number of amides is 1. The Labute approximate surface area is 160 Å². The van der Waals surface area contributed by atoms with Gasteiger partial charge in [-0.3, -0.25) is 4.79 Å². The molecular formula is C23H26N2O2. The summed E-state index contributed by atoms with van der Waals surface area (Å²) in [5.74, 6) is 1.17. The Morgan fingerprint density at radius 2 is 1.89 bits per heavy atom. The number of likely N-dealkylation sites (tertiary alicyclic amines) is 1. The third kappa shape index (κ3) is 3.02. The van der Waals surface area contributed by atoms with Crippen LogP contribution in [0.5, 0.6) is 0 Å². The minimum Gasteiger partial charge on any atom is -0.394 e. The van der Waals surface area contributed by atoms with Crippen LogP contribution in [0.15, 0.2) is 48.5 Å². The Bertz CT molecular complexity index is 847. The van der Waals surface area contributed by atoms with Crippen LogP contribution in [-0.4, -0.2) is 35.1 Å². The maximum absolute atomic E-state index is 13.0. The first kappa shape index (κ1) is 16.8. The first-order valence-corrected chi connectivity index (χ1v) is 10.1. The molecule has 0 aromatic heterocycles. The van der Waals surface area contributed by atoms with Gasteiger partial charge in [-0.1, -0.05) is 36.4 Å². The molecule has 3 aliphatic rings. The Morgan fingerprint density at radius 1 is 1.07 bits per heavy atom. The van der Waals surface area contributed by atoms with Gasteiger partial charge in [0.2, 0.25) is 5.91 Å². The van der Waals surface area contributed by atoms with E-state index in [0.29, 0.717) is 18.2 Å². The summed E-state index contributed by atoms with van der Waals surface area (Å²) in [5.41, 5.74) is 4.63. The van der Waals surface area contributed by atoms with Crippen molar-refractivity contribution in [2.45, 2.75) is 37.8 Å². The van der Waals surface area contributed by atoms with E-state index in [-0.39, 0.29) is 24.6 Å². The van der Waals surface area contributed by atoms with Crippen LogP contribution in [0.4, 0.5) is 5.69 Å². The van der Waals surface area contributed by atoms with Crippen molar-refractivity contribution in [1.82, 2.24) is 4.90 Å². The van der Waals surface area contributed by atoms with Crippen LogP contribution in [0.25, 0.3) is 11.1 Å². The summed E-state index contributed by atoms with van der Waals surface area (Å²) in [7, 11) is 0. The monoisotopic (exact) mass is 362 g/mol. The number of carbonyl (C=O) groups is 1. The number of aliphatic hydroxyl groups excluding tert-OH is 1. The molecule has 2 heterocycles. The lowest BCUT2D eigenvalue weighted by atomic mass is 9.82. The number of nitrogens with zero attached hydrogens (tertiary/aromatic N) is 1.